The van der Waals surface area contributed by atoms with Gasteiger partial charge in [-0.25, -0.2) is 0 Å². The monoisotopic (exact) mass is 313 g/mol. The van der Waals surface area contributed by atoms with Crippen molar-refractivity contribution in [2.75, 3.05) is 20.2 Å². The van der Waals surface area contributed by atoms with Gasteiger partial charge in [0.05, 0.1) is 0 Å². The number of ketones is 1. The third kappa shape index (κ3) is 5.85. The molecule has 0 saturated carbocycles. The third-order valence-electron chi connectivity index (χ3n) is 3.52. The maximum Gasteiger partial charge on any atom is 0.159 e. The van der Waals surface area contributed by atoms with Crippen LogP contribution in [0.4, 0.5) is 0 Å². The number of hydrogen-bond donors (Lipinski definition) is 1. The molecule has 23 heavy (non-hydrogen) atoms. The van der Waals surface area contributed by atoms with E-state index in [0.717, 1.165) is 6.54 Å². The van der Waals surface area contributed by atoms with E-state index in [1.807, 2.05) is 25.2 Å². The Labute approximate surface area is 137 Å². The summed E-state index contributed by atoms with van der Waals surface area (Å²) in [6.45, 7) is 3.06. The van der Waals surface area contributed by atoms with Gasteiger partial charge in [-0.2, -0.15) is 0 Å². The molecule has 2 rings (SSSR count). The van der Waals surface area contributed by atoms with Crippen molar-refractivity contribution in [1.29, 1.82) is 0 Å². The van der Waals surface area contributed by atoms with Crippen molar-refractivity contribution < 1.29 is 14.6 Å². The van der Waals surface area contributed by atoms with E-state index >= 15 is 0 Å². The molecule has 2 aromatic rings. The fourth-order valence-corrected chi connectivity index (χ4v) is 2.35. The molecule has 0 unspecified atom stereocenters. The second-order valence-corrected chi connectivity index (χ2v) is 5.73. The number of aliphatic hydroxyl groups is 1. The molecule has 0 amide bonds. The Bertz CT molecular complexity index is 610. The molecule has 0 aliphatic carbocycles. The lowest BCUT2D eigenvalue weighted by atomic mass is 10.1. The zero-order valence-corrected chi connectivity index (χ0v) is 13.6. The van der Waals surface area contributed by atoms with Gasteiger partial charge in [0.15, 0.2) is 5.78 Å². The first-order valence-corrected chi connectivity index (χ1v) is 7.69. The summed E-state index contributed by atoms with van der Waals surface area (Å²) in [6.07, 6.45) is -0.573. The van der Waals surface area contributed by atoms with Crippen LogP contribution >= 0.6 is 0 Å². The topological polar surface area (TPSA) is 49.8 Å². The smallest absolute Gasteiger partial charge is 0.159 e. The van der Waals surface area contributed by atoms with Crippen molar-refractivity contribution in [1.82, 2.24) is 4.90 Å². The Morgan fingerprint density at radius 2 is 1.78 bits per heavy atom. The van der Waals surface area contributed by atoms with Crippen LogP contribution in [0.3, 0.4) is 0 Å². The Kier molecular flexibility index (Phi) is 6.32. The largest absolute Gasteiger partial charge is 0.491 e. The zero-order valence-electron chi connectivity index (χ0n) is 13.6. The number of nitrogens with zero attached hydrogens (tertiary/aromatic N) is 1. The second-order valence-electron chi connectivity index (χ2n) is 5.73. The fourth-order valence-electron chi connectivity index (χ4n) is 2.35. The molecule has 0 radical (unpaired) electrons. The molecule has 0 aliphatic heterocycles. The maximum absolute atomic E-state index is 11.2. The van der Waals surface area contributed by atoms with Gasteiger partial charge >= 0.3 is 0 Å². The minimum absolute atomic E-state index is 0.0270. The molecule has 0 fully saturated rings. The number of ether oxygens (including phenoxy) is 1. The van der Waals surface area contributed by atoms with Crippen LogP contribution in [0.1, 0.15) is 22.8 Å². The first kappa shape index (κ1) is 17.2. The molecule has 0 bridgehead atoms. The highest BCUT2D eigenvalue weighted by molar-refractivity contribution is 5.94. The Morgan fingerprint density at radius 3 is 2.39 bits per heavy atom. The molecule has 0 aromatic heterocycles. The van der Waals surface area contributed by atoms with Crippen molar-refractivity contribution in [3.8, 4) is 5.75 Å². The summed E-state index contributed by atoms with van der Waals surface area (Å²) < 4.78 is 5.57. The van der Waals surface area contributed by atoms with E-state index < -0.39 is 6.10 Å². The number of rotatable bonds is 8. The molecule has 0 saturated heterocycles. The maximum atomic E-state index is 11.2. The highest BCUT2D eigenvalue weighted by Crippen LogP contribution is 2.13. The number of likely N-dealkylation sites (N-methyl/N-ethyl adjacent to an activating group) is 1. The quantitative estimate of drug-likeness (QED) is 0.761. The number of hydrogen-bond acceptors (Lipinski definition) is 4. The summed E-state index contributed by atoms with van der Waals surface area (Å²) >= 11 is 0. The van der Waals surface area contributed by atoms with Crippen LogP contribution < -0.4 is 4.74 Å². The summed E-state index contributed by atoms with van der Waals surface area (Å²) in [7, 11) is 1.97. The predicted molar refractivity (Wildman–Crippen MR) is 90.7 cm³/mol. The lowest BCUT2D eigenvalue weighted by molar-refractivity contribution is 0.0743. The van der Waals surface area contributed by atoms with Gasteiger partial charge in [-0.1, -0.05) is 30.3 Å². The average Bonchev–Trinajstić information content (AvgIpc) is 2.54. The Morgan fingerprint density at radius 1 is 1.13 bits per heavy atom. The summed E-state index contributed by atoms with van der Waals surface area (Å²) in [5.74, 6) is 0.680. The fraction of sp³-hybridized carbons (Fsp3) is 0.316. The average molecular weight is 313 g/mol. The van der Waals surface area contributed by atoms with Crippen LogP contribution in [-0.4, -0.2) is 42.1 Å². The summed E-state index contributed by atoms with van der Waals surface area (Å²) in [6, 6.07) is 17.1. The van der Waals surface area contributed by atoms with Crippen LogP contribution in [0.2, 0.25) is 0 Å². The van der Waals surface area contributed by atoms with Gasteiger partial charge in [0.2, 0.25) is 0 Å². The van der Waals surface area contributed by atoms with Crippen molar-refractivity contribution in [2.45, 2.75) is 19.6 Å². The van der Waals surface area contributed by atoms with Gasteiger partial charge in [0.25, 0.3) is 0 Å². The van der Waals surface area contributed by atoms with E-state index in [0.29, 0.717) is 17.9 Å². The molecule has 122 valence electrons. The van der Waals surface area contributed by atoms with Crippen LogP contribution in [0.25, 0.3) is 0 Å². The molecule has 4 nitrogen and oxygen atoms in total. The van der Waals surface area contributed by atoms with E-state index in [-0.39, 0.29) is 12.4 Å². The number of carbonyl (C=O) groups is 1. The lowest BCUT2D eigenvalue weighted by Gasteiger charge is -2.21. The normalized spacial score (nSPS) is 12.2. The van der Waals surface area contributed by atoms with Crippen LogP contribution in [0, 0.1) is 0 Å². The van der Waals surface area contributed by atoms with Crippen LogP contribution in [-0.2, 0) is 6.54 Å². The lowest BCUT2D eigenvalue weighted by Crippen LogP contribution is -2.32. The van der Waals surface area contributed by atoms with Crippen molar-refractivity contribution >= 4 is 5.78 Å². The molecule has 1 atom stereocenters. The van der Waals surface area contributed by atoms with E-state index in [4.69, 9.17) is 4.74 Å². The van der Waals surface area contributed by atoms with Gasteiger partial charge in [-0.15, -0.1) is 0 Å². The summed E-state index contributed by atoms with van der Waals surface area (Å²) in [4.78, 5) is 13.3. The molecule has 2 aromatic carbocycles. The Hall–Kier alpha value is -2.17. The van der Waals surface area contributed by atoms with Gasteiger partial charge < -0.3 is 9.84 Å². The highest BCUT2D eigenvalue weighted by atomic mass is 16.5. The molecular formula is C19H23NO3. The zero-order chi connectivity index (χ0) is 16.7. The van der Waals surface area contributed by atoms with E-state index in [1.165, 1.54) is 12.5 Å². The first-order valence-electron chi connectivity index (χ1n) is 7.69. The SMILES string of the molecule is CC(=O)c1ccc(OC[C@@H](O)CN(C)Cc2ccccc2)cc1. The van der Waals surface area contributed by atoms with Crippen LogP contribution in [0.5, 0.6) is 5.75 Å². The van der Waals surface area contributed by atoms with Crippen molar-refractivity contribution in [2.24, 2.45) is 0 Å². The molecule has 0 aliphatic rings. The molecule has 0 heterocycles. The van der Waals surface area contributed by atoms with Gasteiger partial charge in [0.1, 0.15) is 18.5 Å². The molecule has 0 spiro atoms. The number of carbonyl (C=O) groups excluding carboxylic acids is 1. The minimum atomic E-state index is -0.573. The van der Waals surface area contributed by atoms with E-state index in [2.05, 4.69) is 17.0 Å². The summed E-state index contributed by atoms with van der Waals surface area (Å²) in [5, 5.41) is 10.1. The third-order valence-corrected chi connectivity index (χ3v) is 3.52. The van der Waals surface area contributed by atoms with Gasteiger partial charge in [0, 0.05) is 18.7 Å². The second kappa shape index (κ2) is 8.46. The van der Waals surface area contributed by atoms with Gasteiger partial charge in [-0.3, -0.25) is 9.69 Å². The van der Waals surface area contributed by atoms with E-state index in [1.54, 1.807) is 24.3 Å². The van der Waals surface area contributed by atoms with Crippen molar-refractivity contribution in [3.63, 3.8) is 0 Å². The molecule has 4 heteroatoms. The molecular weight excluding hydrogens is 290 g/mol. The van der Waals surface area contributed by atoms with Gasteiger partial charge in [-0.05, 0) is 43.8 Å². The molecule has 1 N–H and O–H groups in total. The van der Waals surface area contributed by atoms with Crippen LogP contribution in [0.15, 0.2) is 54.6 Å². The summed E-state index contributed by atoms with van der Waals surface area (Å²) in [5.41, 5.74) is 1.86. The Balaban J connectivity index is 1.76. The highest BCUT2D eigenvalue weighted by Gasteiger charge is 2.10. The number of Topliss-reactive ketones (excluding diaryl/α,β-unsaturated/α-hetero) is 1. The number of benzene rings is 2. The minimum Gasteiger partial charge on any atom is -0.491 e. The predicted octanol–water partition coefficient (Wildman–Crippen LogP) is 2.76. The number of aliphatic hydroxyl groups excluding tert-OH is 1. The van der Waals surface area contributed by atoms with Crippen molar-refractivity contribution in [3.05, 3.63) is 65.7 Å². The van der Waals surface area contributed by atoms with E-state index in [9.17, 15) is 9.90 Å². The first-order chi connectivity index (χ1) is 11.0. The standard InChI is InChI=1S/C19H23NO3/c1-15(21)17-8-10-19(11-9-17)23-14-18(22)13-20(2)12-16-6-4-3-5-7-16/h3-11,18,22H,12-14H2,1-2H3/t18-/m0/s1.